The van der Waals surface area contributed by atoms with Gasteiger partial charge in [0.1, 0.15) is 0 Å². The van der Waals surface area contributed by atoms with Crippen LogP contribution in [-0.2, 0) is 4.79 Å². The maximum absolute atomic E-state index is 11.6. The SMILES string of the molecule is CCC1(C)C(C)=C(C)C(=O)C1C. The number of hydrogen-bond acceptors (Lipinski definition) is 1. The average Bonchev–Trinajstić information content (AvgIpc) is 2.22. The summed E-state index contributed by atoms with van der Waals surface area (Å²) in [4.78, 5) is 11.6. The molecule has 0 saturated heterocycles. The second-order valence-corrected chi connectivity index (χ2v) is 4.11. The average molecular weight is 166 g/mol. The first-order valence-corrected chi connectivity index (χ1v) is 4.67. The lowest BCUT2D eigenvalue weighted by molar-refractivity contribution is -0.119. The van der Waals surface area contributed by atoms with Crippen LogP contribution in [0.15, 0.2) is 11.1 Å². The summed E-state index contributed by atoms with van der Waals surface area (Å²) >= 11 is 0. The zero-order chi connectivity index (χ0) is 9.52. The normalized spacial score (nSPS) is 36.4. The van der Waals surface area contributed by atoms with Gasteiger partial charge in [0.2, 0.25) is 0 Å². The Morgan fingerprint density at radius 2 is 1.92 bits per heavy atom. The van der Waals surface area contributed by atoms with E-state index in [1.54, 1.807) is 0 Å². The monoisotopic (exact) mass is 166 g/mol. The topological polar surface area (TPSA) is 17.1 Å². The number of allylic oxidation sites excluding steroid dienone is 2. The lowest BCUT2D eigenvalue weighted by atomic mass is 9.74. The van der Waals surface area contributed by atoms with Crippen molar-refractivity contribution >= 4 is 5.78 Å². The molecule has 2 unspecified atom stereocenters. The molecule has 1 nitrogen and oxygen atoms in total. The van der Waals surface area contributed by atoms with Gasteiger partial charge in [0, 0.05) is 5.92 Å². The second-order valence-electron chi connectivity index (χ2n) is 4.11. The zero-order valence-electron chi connectivity index (χ0n) is 8.69. The van der Waals surface area contributed by atoms with Crippen LogP contribution in [0, 0.1) is 11.3 Å². The number of ketones is 1. The number of hydrogen-bond donors (Lipinski definition) is 0. The van der Waals surface area contributed by atoms with Crippen molar-refractivity contribution in [2.24, 2.45) is 11.3 Å². The first-order chi connectivity index (χ1) is 5.45. The van der Waals surface area contributed by atoms with Gasteiger partial charge in [0.05, 0.1) is 0 Å². The molecule has 0 bridgehead atoms. The van der Waals surface area contributed by atoms with E-state index in [1.807, 2.05) is 13.8 Å². The first kappa shape index (κ1) is 9.50. The number of rotatable bonds is 1. The summed E-state index contributed by atoms with van der Waals surface area (Å²) in [5.74, 6) is 0.527. The Morgan fingerprint density at radius 1 is 1.42 bits per heavy atom. The highest BCUT2D eigenvalue weighted by Gasteiger charge is 2.42. The number of Topliss-reactive ketones (excluding diaryl/α,β-unsaturated/α-hetero) is 1. The van der Waals surface area contributed by atoms with Gasteiger partial charge in [-0.25, -0.2) is 0 Å². The van der Waals surface area contributed by atoms with Crippen molar-refractivity contribution in [3.63, 3.8) is 0 Å². The van der Waals surface area contributed by atoms with Gasteiger partial charge in [-0.1, -0.05) is 26.3 Å². The summed E-state index contributed by atoms with van der Waals surface area (Å²) in [6.45, 7) is 10.5. The third kappa shape index (κ3) is 0.954. The minimum atomic E-state index is 0.126. The Bertz CT molecular complexity index is 250. The smallest absolute Gasteiger partial charge is 0.162 e. The van der Waals surface area contributed by atoms with Crippen LogP contribution in [0.25, 0.3) is 0 Å². The van der Waals surface area contributed by atoms with Crippen LogP contribution >= 0.6 is 0 Å². The van der Waals surface area contributed by atoms with Gasteiger partial charge in [0.25, 0.3) is 0 Å². The quantitative estimate of drug-likeness (QED) is 0.585. The molecule has 0 saturated carbocycles. The Hall–Kier alpha value is -0.590. The van der Waals surface area contributed by atoms with Gasteiger partial charge >= 0.3 is 0 Å². The molecule has 0 fully saturated rings. The zero-order valence-corrected chi connectivity index (χ0v) is 8.69. The highest BCUT2D eigenvalue weighted by molar-refractivity contribution is 6.00. The molecule has 68 valence electrons. The van der Waals surface area contributed by atoms with Crippen molar-refractivity contribution < 1.29 is 4.79 Å². The highest BCUT2D eigenvalue weighted by atomic mass is 16.1. The standard InChI is InChI=1S/C11H18O/c1-6-11(5)8(3)7(2)10(12)9(11)4/h9H,6H2,1-5H3. The fraction of sp³-hybridized carbons (Fsp3) is 0.727. The van der Waals surface area contributed by atoms with E-state index in [1.165, 1.54) is 5.57 Å². The summed E-state index contributed by atoms with van der Waals surface area (Å²) in [5.41, 5.74) is 2.41. The van der Waals surface area contributed by atoms with E-state index in [0.29, 0.717) is 5.78 Å². The molecular weight excluding hydrogens is 148 g/mol. The highest BCUT2D eigenvalue weighted by Crippen LogP contribution is 2.46. The maximum Gasteiger partial charge on any atom is 0.162 e. The van der Waals surface area contributed by atoms with Gasteiger partial charge < -0.3 is 0 Å². The molecule has 0 spiro atoms. The lowest BCUT2D eigenvalue weighted by Crippen LogP contribution is -2.24. The van der Waals surface area contributed by atoms with Gasteiger partial charge in [0.15, 0.2) is 5.78 Å². The van der Waals surface area contributed by atoms with Gasteiger partial charge in [-0.15, -0.1) is 0 Å². The minimum absolute atomic E-state index is 0.126. The maximum atomic E-state index is 11.6. The van der Waals surface area contributed by atoms with Crippen molar-refractivity contribution in [1.29, 1.82) is 0 Å². The van der Waals surface area contributed by atoms with Crippen molar-refractivity contribution in [1.82, 2.24) is 0 Å². The molecule has 0 aromatic rings. The van der Waals surface area contributed by atoms with Crippen LogP contribution in [-0.4, -0.2) is 5.78 Å². The predicted molar refractivity (Wildman–Crippen MR) is 50.9 cm³/mol. The molecule has 1 aliphatic rings. The van der Waals surface area contributed by atoms with Crippen molar-refractivity contribution in [2.45, 2.75) is 41.0 Å². The summed E-state index contributed by atoms with van der Waals surface area (Å²) in [5, 5.41) is 0. The molecule has 0 N–H and O–H groups in total. The lowest BCUT2D eigenvalue weighted by Gasteiger charge is -2.28. The molecule has 0 amide bonds. The molecule has 2 atom stereocenters. The molecular formula is C11H18O. The fourth-order valence-corrected chi connectivity index (χ4v) is 2.12. The number of carbonyl (C=O) groups is 1. The van der Waals surface area contributed by atoms with Crippen LogP contribution in [0.5, 0.6) is 0 Å². The van der Waals surface area contributed by atoms with Crippen LogP contribution in [0.4, 0.5) is 0 Å². The molecule has 1 rings (SSSR count). The summed E-state index contributed by atoms with van der Waals surface area (Å²) in [6.07, 6.45) is 1.06. The second kappa shape index (κ2) is 2.72. The molecule has 0 aromatic carbocycles. The molecule has 0 aliphatic heterocycles. The summed E-state index contributed by atoms with van der Waals surface area (Å²) in [6, 6.07) is 0. The van der Waals surface area contributed by atoms with E-state index in [0.717, 1.165) is 12.0 Å². The van der Waals surface area contributed by atoms with Crippen LogP contribution in [0.2, 0.25) is 0 Å². The molecule has 0 aromatic heterocycles. The van der Waals surface area contributed by atoms with Gasteiger partial charge in [-0.3, -0.25) is 4.79 Å². The van der Waals surface area contributed by atoms with Gasteiger partial charge in [-0.05, 0) is 31.3 Å². The molecule has 1 heteroatoms. The van der Waals surface area contributed by atoms with Gasteiger partial charge in [-0.2, -0.15) is 0 Å². The summed E-state index contributed by atoms with van der Waals surface area (Å²) in [7, 11) is 0. The Kier molecular flexibility index (Phi) is 2.15. The van der Waals surface area contributed by atoms with E-state index in [9.17, 15) is 4.79 Å². The van der Waals surface area contributed by atoms with Crippen molar-refractivity contribution in [3.05, 3.63) is 11.1 Å². The predicted octanol–water partition coefficient (Wildman–Crippen LogP) is 2.96. The molecule has 1 aliphatic carbocycles. The van der Waals surface area contributed by atoms with Crippen LogP contribution in [0.3, 0.4) is 0 Å². The van der Waals surface area contributed by atoms with E-state index in [4.69, 9.17) is 0 Å². The van der Waals surface area contributed by atoms with Crippen LogP contribution < -0.4 is 0 Å². The van der Waals surface area contributed by atoms with E-state index in [-0.39, 0.29) is 11.3 Å². The number of carbonyl (C=O) groups excluding carboxylic acids is 1. The Labute approximate surface area is 74.9 Å². The molecule has 0 radical (unpaired) electrons. The molecule has 12 heavy (non-hydrogen) atoms. The van der Waals surface area contributed by atoms with Crippen molar-refractivity contribution in [2.75, 3.05) is 0 Å². The van der Waals surface area contributed by atoms with Crippen molar-refractivity contribution in [3.8, 4) is 0 Å². The Balaban J connectivity index is 3.16. The van der Waals surface area contributed by atoms with E-state index < -0.39 is 0 Å². The van der Waals surface area contributed by atoms with E-state index >= 15 is 0 Å². The Morgan fingerprint density at radius 3 is 2.08 bits per heavy atom. The van der Waals surface area contributed by atoms with Crippen LogP contribution in [0.1, 0.15) is 41.0 Å². The summed E-state index contributed by atoms with van der Waals surface area (Å²) < 4.78 is 0. The van der Waals surface area contributed by atoms with E-state index in [2.05, 4.69) is 20.8 Å². The fourth-order valence-electron chi connectivity index (χ4n) is 2.12. The minimum Gasteiger partial charge on any atom is -0.294 e. The molecule has 0 heterocycles. The third-order valence-corrected chi connectivity index (χ3v) is 3.87. The third-order valence-electron chi connectivity index (χ3n) is 3.87. The first-order valence-electron chi connectivity index (χ1n) is 4.67. The largest absolute Gasteiger partial charge is 0.294 e.